The molecule has 2 heteroatoms. The van der Waals surface area contributed by atoms with Crippen molar-refractivity contribution in [1.29, 1.82) is 0 Å². The monoisotopic (exact) mass is 275 g/mol. The molecule has 0 fully saturated rings. The number of nitrogens with one attached hydrogen (secondary N) is 1. The van der Waals surface area contributed by atoms with E-state index < -0.39 is 0 Å². The molecule has 0 radical (unpaired) electrons. The van der Waals surface area contributed by atoms with Gasteiger partial charge in [-0.2, -0.15) is 0 Å². The number of rotatable bonds is 7. The number of benzene rings is 1. The second-order valence-electron chi connectivity index (χ2n) is 6.25. The molecule has 0 saturated carbocycles. The molecule has 1 aliphatic carbocycles. The van der Waals surface area contributed by atoms with Crippen molar-refractivity contribution in [3.8, 4) is 5.75 Å². The SMILES string of the molecule is CCCNC1CCCc2c(OCCC(C)C)cccc21. The summed E-state index contributed by atoms with van der Waals surface area (Å²) in [6, 6.07) is 7.08. The highest BCUT2D eigenvalue weighted by atomic mass is 16.5. The van der Waals surface area contributed by atoms with E-state index in [-0.39, 0.29) is 0 Å². The fraction of sp³-hybridized carbons (Fsp3) is 0.667. The maximum Gasteiger partial charge on any atom is 0.122 e. The molecule has 2 rings (SSSR count). The summed E-state index contributed by atoms with van der Waals surface area (Å²) in [7, 11) is 0. The van der Waals surface area contributed by atoms with Gasteiger partial charge in [0.2, 0.25) is 0 Å². The van der Waals surface area contributed by atoms with Crippen molar-refractivity contribution in [3.05, 3.63) is 29.3 Å². The fourth-order valence-corrected chi connectivity index (χ4v) is 2.89. The molecule has 0 bridgehead atoms. The lowest BCUT2D eigenvalue weighted by Gasteiger charge is -2.28. The fourth-order valence-electron chi connectivity index (χ4n) is 2.89. The van der Waals surface area contributed by atoms with Crippen LogP contribution in [0, 0.1) is 5.92 Å². The van der Waals surface area contributed by atoms with Gasteiger partial charge in [0.1, 0.15) is 5.75 Å². The van der Waals surface area contributed by atoms with Gasteiger partial charge in [-0.05, 0) is 61.8 Å². The zero-order valence-electron chi connectivity index (χ0n) is 13.2. The molecule has 1 aliphatic rings. The number of hydrogen-bond acceptors (Lipinski definition) is 2. The van der Waals surface area contributed by atoms with Gasteiger partial charge < -0.3 is 10.1 Å². The third-order valence-corrected chi connectivity index (χ3v) is 4.06. The van der Waals surface area contributed by atoms with Crippen molar-refractivity contribution in [2.45, 2.75) is 58.9 Å². The van der Waals surface area contributed by atoms with Crippen LogP contribution in [0.2, 0.25) is 0 Å². The zero-order chi connectivity index (χ0) is 14.4. The van der Waals surface area contributed by atoms with E-state index in [1.807, 2.05) is 0 Å². The minimum absolute atomic E-state index is 0.521. The molecule has 0 aromatic heterocycles. The summed E-state index contributed by atoms with van der Waals surface area (Å²) < 4.78 is 6.04. The lowest BCUT2D eigenvalue weighted by atomic mass is 9.87. The van der Waals surface area contributed by atoms with Crippen LogP contribution >= 0.6 is 0 Å². The Morgan fingerprint density at radius 1 is 1.35 bits per heavy atom. The molecule has 1 aromatic carbocycles. The highest BCUT2D eigenvalue weighted by Gasteiger charge is 2.22. The molecule has 20 heavy (non-hydrogen) atoms. The first-order valence-corrected chi connectivity index (χ1v) is 8.20. The standard InChI is InChI=1S/C18H29NO/c1-4-12-19-17-9-5-8-16-15(17)7-6-10-18(16)20-13-11-14(2)3/h6-7,10,14,17,19H,4-5,8-9,11-13H2,1-3H3. The van der Waals surface area contributed by atoms with Gasteiger partial charge in [0.15, 0.2) is 0 Å². The smallest absolute Gasteiger partial charge is 0.122 e. The maximum atomic E-state index is 6.04. The van der Waals surface area contributed by atoms with Crippen LogP contribution < -0.4 is 10.1 Å². The van der Waals surface area contributed by atoms with E-state index >= 15 is 0 Å². The van der Waals surface area contributed by atoms with Crippen molar-refractivity contribution < 1.29 is 4.74 Å². The molecule has 1 unspecified atom stereocenters. The highest BCUT2D eigenvalue weighted by Crippen LogP contribution is 2.35. The Labute approximate surface area is 123 Å². The van der Waals surface area contributed by atoms with Gasteiger partial charge in [0, 0.05) is 6.04 Å². The minimum atomic E-state index is 0.521. The molecule has 1 N–H and O–H groups in total. The second kappa shape index (κ2) is 7.68. The molecule has 0 aliphatic heterocycles. The molecule has 0 heterocycles. The van der Waals surface area contributed by atoms with E-state index in [4.69, 9.17) is 4.74 Å². The van der Waals surface area contributed by atoms with Gasteiger partial charge >= 0.3 is 0 Å². The van der Waals surface area contributed by atoms with Gasteiger partial charge in [0.05, 0.1) is 6.61 Å². The molecule has 1 atom stereocenters. The summed E-state index contributed by atoms with van der Waals surface area (Å²) in [6.45, 7) is 8.65. The Bertz CT molecular complexity index is 414. The van der Waals surface area contributed by atoms with Crippen molar-refractivity contribution in [1.82, 2.24) is 5.32 Å². The van der Waals surface area contributed by atoms with Gasteiger partial charge in [-0.1, -0.05) is 32.9 Å². The normalized spacial score (nSPS) is 18.1. The molecule has 2 nitrogen and oxygen atoms in total. The molecule has 1 aromatic rings. The third-order valence-electron chi connectivity index (χ3n) is 4.06. The average molecular weight is 275 g/mol. The van der Waals surface area contributed by atoms with Gasteiger partial charge in [0.25, 0.3) is 0 Å². The van der Waals surface area contributed by atoms with E-state index in [1.54, 1.807) is 0 Å². The first kappa shape index (κ1) is 15.4. The quantitative estimate of drug-likeness (QED) is 0.791. The van der Waals surface area contributed by atoms with Crippen molar-refractivity contribution in [3.63, 3.8) is 0 Å². The van der Waals surface area contributed by atoms with Crippen LogP contribution in [-0.4, -0.2) is 13.2 Å². The summed E-state index contributed by atoms with van der Waals surface area (Å²) in [6.07, 6.45) is 6.00. The Balaban J connectivity index is 2.07. The van der Waals surface area contributed by atoms with Crippen LogP contribution in [0.4, 0.5) is 0 Å². The van der Waals surface area contributed by atoms with Crippen molar-refractivity contribution in [2.24, 2.45) is 5.92 Å². The van der Waals surface area contributed by atoms with Crippen LogP contribution in [-0.2, 0) is 6.42 Å². The molecule has 0 saturated heterocycles. The molecule has 0 amide bonds. The van der Waals surface area contributed by atoms with Crippen LogP contribution in [0.15, 0.2) is 18.2 Å². The predicted octanol–water partition coefficient (Wildman–Crippen LogP) is 4.49. The maximum absolute atomic E-state index is 6.04. The van der Waals surface area contributed by atoms with Gasteiger partial charge in [-0.15, -0.1) is 0 Å². The van der Waals surface area contributed by atoms with Crippen molar-refractivity contribution >= 4 is 0 Å². The lowest BCUT2D eigenvalue weighted by molar-refractivity contribution is 0.284. The van der Waals surface area contributed by atoms with E-state index in [1.165, 1.54) is 30.4 Å². The summed E-state index contributed by atoms with van der Waals surface area (Å²) in [4.78, 5) is 0. The Morgan fingerprint density at radius 3 is 2.95 bits per heavy atom. The lowest BCUT2D eigenvalue weighted by Crippen LogP contribution is -2.26. The Kier molecular flexibility index (Phi) is 5.90. The summed E-state index contributed by atoms with van der Waals surface area (Å²) in [5.41, 5.74) is 2.91. The zero-order valence-corrected chi connectivity index (χ0v) is 13.2. The minimum Gasteiger partial charge on any atom is -0.493 e. The third kappa shape index (κ3) is 3.99. The van der Waals surface area contributed by atoms with E-state index in [2.05, 4.69) is 44.3 Å². The van der Waals surface area contributed by atoms with Crippen LogP contribution in [0.5, 0.6) is 5.75 Å². The molecular formula is C18H29NO. The topological polar surface area (TPSA) is 21.3 Å². The number of ether oxygens (including phenoxy) is 1. The molecular weight excluding hydrogens is 246 g/mol. The Morgan fingerprint density at radius 2 is 2.20 bits per heavy atom. The van der Waals surface area contributed by atoms with Crippen LogP contribution in [0.25, 0.3) is 0 Å². The first-order chi connectivity index (χ1) is 9.72. The largest absolute Gasteiger partial charge is 0.493 e. The predicted molar refractivity (Wildman–Crippen MR) is 85.4 cm³/mol. The summed E-state index contributed by atoms with van der Waals surface area (Å²) in [5.74, 6) is 1.82. The van der Waals surface area contributed by atoms with Gasteiger partial charge in [-0.25, -0.2) is 0 Å². The molecule has 112 valence electrons. The van der Waals surface area contributed by atoms with Gasteiger partial charge in [-0.3, -0.25) is 0 Å². The first-order valence-electron chi connectivity index (χ1n) is 8.20. The summed E-state index contributed by atoms with van der Waals surface area (Å²) >= 11 is 0. The highest BCUT2D eigenvalue weighted by molar-refractivity contribution is 5.43. The van der Waals surface area contributed by atoms with Crippen LogP contribution in [0.3, 0.4) is 0 Å². The molecule has 0 spiro atoms. The van der Waals surface area contributed by atoms with E-state index in [0.717, 1.165) is 31.7 Å². The average Bonchev–Trinajstić information content (AvgIpc) is 2.45. The van der Waals surface area contributed by atoms with Crippen LogP contribution in [0.1, 0.15) is 63.6 Å². The van der Waals surface area contributed by atoms with E-state index in [0.29, 0.717) is 12.0 Å². The summed E-state index contributed by atoms with van der Waals surface area (Å²) in [5, 5.41) is 3.67. The Hall–Kier alpha value is -1.02. The number of fused-ring (bicyclic) bond motifs is 1. The van der Waals surface area contributed by atoms with E-state index in [9.17, 15) is 0 Å². The second-order valence-corrected chi connectivity index (χ2v) is 6.25. The van der Waals surface area contributed by atoms with Crippen molar-refractivity contribution in [2.75, 3.05) is 13.2 Å². The number of hydrogen-bond donors (Lipinski definition) is 1.